The van der Waals surface area contributed by atoms with Crippen LogP contribution in [-0.2, 0) is 0 Å². The van der Waals surface area contributed by atoms with Crippen LogP contribution in [0.1, 0.15) is 125 Å². The van der Waals surface area contributed by atoms with Crippen molar-refractivity contribution in [2.24, 2.45) is 0 Å². The summed E-state index contributed by atoms with van der Waals surface area (Å²) in [5.74, 6) is 0. The summed E-state index contributed by atoms with van der Waals surface area (Å²) in [6.45, 7) is 42.0. The van der Waals surface area contributed by atoms with E-state index in [1.807, 2.05) is 0 Å². The van der Waals surface area contributed by atoms with Crippen molar-refractivity contribution in [3.8, 4) is 0 Å². The molecular weight excluding hydrogens is 472 g/mol. The molecule has 0 spiro atoms. The monoisotopic (exact) mass is 524 g/mol. The zero-order chi connectivity index (χ0) is 25.2. The first-order valence-corrected chi connectivity index (χ1v) is 23.7. The van der Waals surface area contributed by atoms with E-state index in [1.165, 1.54) is 0 Å². The second kappa shape index (κ2) is 8.59. The molecule has 0 aliphatic heterocycles. The minimum atomic E-state index is -2.10. The summed E-state index contributed by atoms with van der Waals surface area (Å²) in [5.41, 5.74) is 0. The maximum Gasteiger partial charge on any atom is 0.105 e. The van der Waals surface area contributed by atoms with Crippen molar-refractivity contribution in [2.75, 3.05) is 0 Å². The fourth-order valence-corrected chi connectivity index (χ4v) is 100. The van der Waals surface area contributed by atoms with Crippen LogP contribution in [0.25, 0.3) is 0 Å². The Morgan fingerprint density at radius 1 is 0.333 bits per heavy atom. The van der Waals surface area contributed by atoms with Crippen LogP contribution >= 0.6 is 22.2 Å². The minimum absolute atomic E-state index is 0.193. The summed E-state index contributed by atoms with van der Waals surface area (Å²) < 4.78 is 0. The van der Waals surface area contributed by atoms with Gasteiger partial charge in [-0.05, 0) is 30.2 Å². The van der Waals surface area contributed by atoms with Gasteiger partial charge in [0.2, 0.25) is 0 Å². The first-order valence-electron chi connectivity index (χ1n) is 11.6. The van der Waals surface area contributed by atoms with Gasteiger partial charge < -0.3 is 0 Å². The SMILES string of the molecule is CC(C)(C)[Si](/[Si](Cl)=[Si](\Cl)[Si](C(C)(C)C)(C(C)(C)C)C(C)(C)C)(C(C)(C)C)C(C)(C)C. The average molecular weight is 526 g/mol. The van der Waals surface area contributed by atoms with Gasteiger partial charge in [0, 0.05) is 0 Å². The lowest BCUT2D eigenvalue weighted by Gasteiger charge is -2.63. The third-order valence-electron chi connectivity index (χ3n) is 7.60. The van der Waals surface area contributed by atoms with Gasteiger partial charge in [-0.1, -0.05) is 125 Å². The molecule has 0 amide bonds. The molecule has 180 valence electrons. The zero-order valence-electron chi connectivity index (χ0n) is 23.8. The second-order valence-electron chi connectivity index (χ2n) is 15.6. The van der Waals surface area contributed by atoms with E-state index in [2.05, 4.69) is 125 Å². The van der Waals surface area contributed by atoms with Gasteiger partial charge in [0.1, 0.15) is 13.4 Å². The molecule has 0 rings (SSSR count). The maximum absolute atomic E-state index is 8.02. The quantitative estimate of drug-likeness (QED) is 0.248. The van der Waals surface area contributed by atoms with Crippen LogP contribution in [0.3, 0.4) is 0 Å². The first-order chi connectivity index (χ1) is 12.6. The van der Waals surface area contributed by atoms with E-state index in [-0.39, 0.29) is 30.2 Å². The lowest BCUT2D eigenvalue weighted by molar-refractivity contribution is 0.553. The molecule has 0 aliphatic carbocycles. The normalized spacial score (nSPS) is 17.2. The Morgan fingerprint density at radius 3 is 0.500 bits per heavy atom. The van der Waals surface area contributed by atoms with Crippen LogP contribution in [0.15, 0.2) is 0 Å². The third kappa shape index (κ3) is 4.67. The van der Waals surface area contributed by atoms with Gasteiger partial charge in [0.05, 0.1) is 15.2 Å². The molecule has 0 aromatic rings. The summed E-state index contributed by atoms with van der Waals surface area (Å²) in [4.78, 5) is 0. The molecule has 0 N–H and O–H groups in total. The zero-order valence-corrected chi connectivity index (χ0v) is 29.3. The maximum atomic E-state index is 8.02. The van der Waals surface area contributed by atoms with Gasteiger partial charge in [0.15, 0.2) is 0 Å². The molecule has 6 heteroatoms. The highest BCUT2D eigenvalue weighted by Crippen LogP contribution is 2.66. The molecule has 0 heterocycles. The highest BCUT2D eigenvalue weighted by Gasteiger charge is 2.67. The number of hydrogen-bond donors (Lipinski definition) is 0. The van der Waals surface area contributed by atoms with Crippen molar-refractivity contribution >= 4 is 50.8 Å². The molecule has 30 heavy (non-hydrogen) atoms. The van der Waals surface area contributed by atoms with Gasteiger partial charge >= 0.3 is 0 Å². The Bertz CT molecular complexity index is 522. The van der Waals surface area contributed by atoms with Gasteiger partial charge in [-0.2, -0.15) is 0 Å². The van der Waals surface area contributed by atoms with Crippen LogP contribution in [0.5, 0.6) is 0 Å². The van der Waals surface area contributed by atoms with Crippen LogP contribution in [0, 0.1) is 0 Å². The molecule has 0 aromatic carbocycles. The summed E-state index contributed by atoms with van der Waals surface area (Å²) in [7, 11) is -4.20. The van der Waals surface area contributed by atoms with Crippen molar-refractivity contribution in [1.29, 1.82) is 0 Å². The molecule has 0 unspecified atom stereocenters. The molecule has 0 bridgehead atoms. The number of halogens is 2. The molecule has 0 saturated carbocycles. The first kappa shape index (κ1) is 31.4. The fraction of sp³-hybridized carbons (Fsp3) is 1.00. The van der Waals surface area contributed by atoms with E-state index in [4.69, 9.17) is 22.2 Å². The third-order valence-corrected chi connectivity index (χ3v) is 67.1. The Hall–Kier alpha value is 1.45. The van der Waals surface area contributed by atoms with E-state index in [0.29, 0.717) is 0 Å². The minimum Gasteiger partial charge on any atom is -0.147 e. The molecule has 0 atom stereocenters. The second-order valence-corrected chi connectivity index (χ2v) is 48.5. The molecule has 0 radical (unpaired) electrons. The summed E-state index contributed by atoms with van der Waals surface area (Å²) in [5, 5.41) is 1.16. The van der Waals surface area contributed by atoms with Crippen molar-refractivity contribution in [3.05, 3.63) is 0 Å². The van der Waals surface area contributed by atoms with Gasteiger partial charge in [-0.15, -0.1) is 22.2 Å². The van der Waals surface area contributed by atoms with Gasteiger partial charge in [-0.3, -0.25) is 0 Å². The lowest BCUT2D eigenvalue weighted by Crippen LogP contribution is -2.72. The number of hydrogen-bond acceptors (Lipinski definition) is 0. The van der Waals surface area contributed by atoms with Crippen LogP contribution in [0.4, 0.5) is 0 Å². The molecule has 0 nitrogen and oxygen atoms in total. The molecular formula is C24H54Cl2Si4. The largest absolute Gasteiger partial charge is 0.147 e. The molecule has 0 aromatic heterocycles. The van der Waals surface area contributed by atoms with E-state index in [0.717, 1.165) is 0 Å². The van der Waals surface area contributed by atoms with Gasteiger partial charge in [-0.25, -0.2) is 0 Å². The smallest absolute Gasteiger partial charge is 0.105 e. The Morgan fingerprint density at radius 2 is 0.433 bits per heavy atom. The highest BCUT2D eigenvalue weighted by atomic mass is 35.6. The van der Waals surface area contributed by atoms with Gasteiger partial charge in [0.25, 0.3) is 0 Å². The van der Waals surface area contributed by atoms with Crippen LogP contribution < -0.4 is 0 Å². The molecule has 0 saturated heterocycles. The van der Waals surface area contributed by atoms with Crippen LogP contribution in [-0.4, -0.2) is 28.6 Å². The standard InChI is InChI=1S/C24H54Cl2Si4/c1-19(2,3)29(20(4,5)6,21(7,8)9)27(25)28(26)30(22(10,11)12,23(13,14)15)24(16,17)18/h1-18H3/b28-27+. The van der Waals surface area contributed by atoms with E-state index < -0.39 is 28.6 Å². The van der Waals surface area contributed by atoms with Crippen LogP contribution in [0.2, 0.25) is 30.2 Å². The lowest BCUT2D eigenvalue weighted by atomic mass is 10.2. The van der Waals surface area contributed by atoms with Crippen molar-refractivity contribution in [1.82, 2.24) is 0 Å². The molecule has 0 aliphatic rings. The fourth-order valence-electron chi connectivity index (χ4n) is 9.05. The van der Waals surface area contributed by atoms with Crippen molar-refractivity contribution < 1.29 is 0 Å². The van der Waals surface area contributed by atoms with E-state index in [1.54, 1.807) is 0 Å². The van der Waals surface area contributed by atoms with Crippen molar-refractivity contribution in [2.45, 2.75) is 155 Å². The predicted molar refractivity (Wildman–Crippen MR) is 153 cm³/mol. The Labute approximate surface area is 204 Å². The van der Waals surface area contributed by atoms with Crippen molar-refractivity contribution in [3.63, 3.8) is 0 Å². The topological polar surface area (TPSA) is 0 Å². The summed E-state index contributed by atoms with van der Waals surface area (Å²) in [6, 6.07) is 0. The average Bonchev–Trinajstić information content (AvgIpc) is 2.27. The van der Waals surface area contributed by atoms with E-state index in [9.17, 15) is 0 Å². The summed E-state index contributed by atoms with van der Waals surface area (Å²) in [6.07, 6.45) is 0. The summed E-state index contributed by atoms with van der Waals surface area (Å²) >= 11 is 16.0. The Kier molecular flexibility index (Phi) is 9.00. The Balaban J connectivity index is 8.11. The predicted octanol–water partition coefficient (Wildman–Crippen LogP) is 10.4. The number of rotatable bonds is 2. The molecule has 0 fully saturated rings. The van der Waals surface area contributed by atoms with E-state index >= 15 is 0 Å². The highest BCUT2D eigenvalue weighted by molar-refractivity contribution is 7.75.